The smallest absolute Gasteiger partial charge is 0.224 e. The van der Waals surface area contributed by atoms with Gasteiger partial charge >= 0.3 is 0 Å². The van der Waals surface area contributed by atoms with Crippen molar-refractivity contribution in [3.63, 3.8) is 0 Å². The molecule has 1 saturated carbocycles. The van der Waals surface area contributed by atoms with E-state index in [0.717, 1.165) is 12.1 Å². The highest BCUT2D eigenvalue weighted by Crippen LogP contribution is 2.29. The Morgan fingerprint density at radius 3 is 2.89 bits per heavy atom. The van der Waals surface area contributed by atoms with E-state index in [4.69, 9.17) is 0 Å². The lowest BCUT2D eigenvalue weighted by atomic mass is 9.89. The summed E-state index contributed by atoms with van der Waals surface area (Å²) in [6.07, 6.45) is 5.55. The van der Waals surface area contributed by atoms with E-state index >= 15 is 0 Å². The Bertz CT molecular complexity index is 433. The lowest BCUT2D eigenvalue weighted by Gasteiger charge is -2.27. The van der Waals surface area contributed by atoms with Gasteiger partial charge in [0.05, 0.1) is 6.42 Å². The molecule has 2 nitrogen and oxygen atoms in total. The van der Waals surface area contributed by atoms with E-state index in [2.05, 4.69) is 40.3 Å². The maximum absolute atomic E-state index is 11.9. The highest BCUT2D eigenvalue weighted by molar-refractivity contribution is 9.09. The third-order valence-corrected chi connectivity index (χ3v) is 5.03. The zero-order valence-electron chi connectivity index (χ0n) is 11.5. The Morgan fingerprint density at radius 2 is 2.16 bits per heavy atom. The van der Waals surface area contributed by atoms with Crippen LogP contribution in [0.1, 0.15) is 36.8 Å². The number of amides is 1. The predicted molar refractivity (Wildman–Crippen MR) is 82.6 cm³/mol. The van der Waals surface area contributed by atoms with Crippen LogP contribution in [0.25, 0.3) is 0 Å². The number of hydrogen-bond acceptors (Lipinski definition) is 1. The van der Waals surface area contributed by atoms with Gasteiger partial charge in [0.2, 0.25) is 5.91 Å². The number of hydrogen-bond donors (Lipinski definition) is 1. The number of carbonyl (C=O) groups is 1. The van der Waals surface area contributed by atoms with Crippen LogP contribution in [-0.4, -0.2) is 17.3 Å². The third-order valence-electron chi connectivity index (χ3n) is 3.82. The summed E-state index contributed by atoms with van der Waals surface area (Å²) in [6, 6.07) is 8.15. The minimum Gasteiger partial charge on any atom is -0.355 e. The number of nitrogens with one attached hydrogen (secondary N) is 1. The predicted octanol–water partition coefficient (Wildman–Crippen LogP) is 3.61. The van der Waals surface area contributed by atoms with Gasteiger partial charge in [0, 0.05) is 11.4 Å². The van der Waals surface area contributed by atoms with Crippen molar-refractivity contribution in [2.75, 3.05) is 6.54 Å². The lowest BCUT2D eigenvalue weighted by molar-refractivity contribution is -0.120. The Labute approximate surface area is 124 Å². The van der Waals surface area contributed by atoms with Gasteiger partial charge in [-0.15, -0.1) is 0 Å². The fourth-order valence-electron chi connectivity index (χ4n) is 2.71. The van der Waals surface area contributed by atoms with Crippen molar-refractivity contribution < 1.29 is 4.79 Å². The molecule has 2 rings (SSSR count). The number of aryl methyl sites for hydroxylation is 1. The molecular formula is C16H22BrNO. The molecule has 0 aromatic heterocycles. The quantitative estimate of drug-likeness (QED) is 0.842. The molecule has 104 valence electrons. The molecule has 0 saturated heterocycles. The second kappa shape index (κ2) is 7.09. The van der Waals surface area contributed by atoms with Crippen LogP contribution in [0, 0.1) is 12.8 Å². The van der Waals surface area contributed by atoms with E-state index in [1.165, 1.54) is 31.2 Å². The molecule has 0 spiro atoms. The summed E-state index contributed by atoms with van der Waals surface area (Å²) in [4.78, 5) is 12.5. The van der Waals surface area contributed by atoms with E-state index in [1.54, 1.807) is 0 Å². The lowest BCUT2D eigenvalue weighted by Crippen LogP contribution is -2.35. The SMILES string of the molecule is Cc1cccc(CC(=O)NCC2CCCCC2Br)c1. The molecule has 3 heteroatoms. The van der Waals surface area contributed by atoms with E-state index < -0.39 is 0 Å². The largest absolute Gasteiger partial charge is 0.355 e. The number of alkyl halides is 1. The first-order valence-electron chi connectivity index (χ1n) is 7.11. The fourth-order valence-corrected chi connectivity index (χ4v) is 3.48. The van der Waals surface area contributed by atoms with Crippen LogP contribution in [0.15, 0.2) is 24.3 Å². The molecule has 2 unspecified atom stereocenters. The molecule has 1 amide bonds. The first-order valence-corrected chi connectivity index (χ1v) is 8.03. The normalized spacial score (nSPS) is 23.1. The molecule has 0 heterocycles. The van der Waals surface area contributed by atoms with Gasteiger partial charge in [-0.05, 0) is 31.2 Å². The highest BCUT2D eigenvalue weighted by atomic mass is 79.9. The van der Waals surface area contributed by atoms with Gasteiger partial charge in [-0.3, -0.25) is 4.79 Å². The van der Waals surface area contributed by atoms with E-state index in [1.807, 2.05) is 12.1 Å². The minimum atomic E-state index is 0.135. The monoisotopic (exact) mass is 323 g/mol. The second-order valence-corrected chi connectivity index (χ2v) is 6.71. The summed E-state index contributed by atoms with van der Waals surface area (Å²) in [5, 5.41) is 3.08. The Hall–Kier alpha value is -0.830. The van der Waals surface area contributed by atoms with Crippen LogP contribution in [-0.2, 0) is 11.2 Å². The van der Waals surface area contributed by atoms with Crippen molar-refractivity contribution in [3.05, 3.63) is 35.4 Å². The molecule has 2 atom stereocenters. The van der Waals surface area contributed by atoms with Crippen LogP contribution < -0.4 is 5.32 Å². The van der Waals surface area contributed by atoms with Crippen molar-refractivity contribution in [1.82, 2.24) is 5.32 Å². The van der Waals surface area contributed by atoms with Crippen molar-refractivity contribution in [2.45, 2.75) is 43.9 Å². The number of rotatable bonds is 4. The van der Waals surface area contributed by atoms with E-state index in [0.29, 0.717) is 17.2 Å². The molecule has 19 heavy (non-hydrogen) atoms. The molecular weight excluding hydrogens is 302 g/mol. The molecule has 1 aliphatic rings. The summed E-state index contributed by atoms with van der Waals surface area (Å²) in [5.41, 5.74) is 2.30. The average molecular weight is 324 g/mol. The Balaban J connectivity index is 1.78. The molecule has 1 aromatic rings. The average Bonchev–Trinajstić information content (AvgIpc) is 2.38. The summed E-state index contributed by atoms with van der Waals surface area (Å²) in [7, 11) is 0. The van der Waals surface area contributed by atoms with Crippen molar-refractivity contribution >= 4 is 21.8 Å². The van der Waals surface area contributed by atoms with E-state index in [-0.39, 0.29) is 5.91 Å². The van der Waals surface area contributed by atoms with Crippen LogP contribution in [0.4, 0.5) is 0 Å². The first-order chi connectivity index (χ1) is 9.15. The molecule has 1 aliphatic carbocycles. The van der Waals surface area contributed by atoms with Gasteiger partial charge in [0.15, 0.2) is 0 Å². The first kappa shape index (κ1) is 14.6. The molecule has 1 aromatic carbocycles. The number of halogens is 1. The van der Waals surface area contributed by atoms with Gasteiger partial charge in [0.25, 0.3) is 0 Å². The van der Waals surface area contributed by atoms with Gasteiger partial charge in [-0.1, -0.05) is 58.6 Å². The van der Waals surface area contributed by atoms with Crippen LogP contribution in [0.2, 0.25) is 0 Å². The highest BCUT2D eigenvalue weighted by Gasteiger charge is 2.22. The number of benzene rings is 1. The summed E-state index contributed by atoms with van der Waals surface area (Å²) >= 11 is 3.73. The zero-order valence-corrected chi connectivity index (χ0v) is 13.1. The zero-order chi connectivity index (χ0) is 13.7. The summed E-state index contributed by atoms with van der Waals surface area (Å²) < 4.78 is 0. The molecule has 1 fully saturated rings. The second-order valence-electron chi connectivity index (χ2n) is 5.53. The van der Waals surface area contributed by atoms with Gasteiger partial charge in [-0.2, -0.15) is 0 Å². The standard InChI is InChI=1S/C16H22BrNO/c1-12-5-4-6-13(9-12)10-16(19)18-11-14-7-2-3-8-15(14)17/h4-6,9,14-15H,2-3,7-8,10-11H2,1H3,(H,18,19). The molecule has 0 bridgehead atoms. The van der Waals surface area contributed by atoms with Crippen molar-refractivity contribution in [3.8, 4) is 0 Å². The maximum atomic E-state index is 11.9. The van der Waals surface area contributed by atoms with Gasteiger partial charge in [-0.25, -0.2) is 0 Å². The number of carbonyl (C=O) groups excluding carboxylic acids is 1. The molecule has 0 aliphatic heterocycles. The van der Waals surface area contributed by atoms with Crippen LogP contribution in [0.5, 0.6) is 0 Å². The van der Waals surface area contributed by atoms with Crippen molar-refractivity contribution in [2.24, 2.45) is 5.92 Å². The van der Waals surface area contributed by atoms with Crippen LogP contribution in [0.3, 0.4) is 0 Å². The fraction of sp³-hybridized carbons (Fsp3) is 0.562. The summed E-state index contributed by atoms with van der Waals surface area (Å²) in [6.45, 7) is 2.86. The van der Waals surface area contributed by atoms with E-state index in [9.17, 15) is 4.79 Å². The summed E-state index contributed by atoms with van der Waals surface area (Å²) in [5.74, 6) is 0.728. The maximum Gasteiger partial charge on any atom is 0.224 e. The van der Waals surface area contributed by atoms with Gasteiger partial charge in [0.1, 0.15) is 0 Å². The topological polar surface area (TPSA) is 29.1 Å². The van der Waals surface area contributed by atoms with Crippen molar-refractivity contribution in [1.29, 1.82) is 0 Å². The van der Waals surface area contributed by atoms with Crippen LogP contribution >= 0.6 is 15.9 Å². The third kappa shape index (κ3) is 4.64. The Morgan fingerprint density at radius 1 is 1.37 bits per heavy atom. The molecule has 0 radical (unpaired) electrons. The minimum absolute atomic E-state index is 0.135. The molecule has 1 N–H and O–H groups in total. The van der Waals surface area contributed by atoms with Gasteiger partial charge < -0.3 is 5.32 Å². The Kier molecular flexibility index (Phi) is 5.44.